The second kappa shape index (κ2) is 11.2. The van der Waals surface area contributed by atoms with Crippen molar-refractivity contribution in [3.8, 4) is 0 Å². The van der Waals surface area contributed by atoms with Crippen LogP contribution in [0.2, 0.25) is 0 Å². The number of nitrogens with one attached hydrogen (secondary N) is 1. The first-order valence-corrected chi connectivity index (χ1v) is 12.0. The molecule has 1 aliphatic rings. The number of unbranched alkanes of at least 4 members (excludes halogenated alkanes) is 1. The van der Waals surface area contributed by atoms with Gasteiger partial charge in [0.05, 0.1) is 5.69 Å². The van der Waals surface area contributed by atoms with Crippen LogP contribution in [0, 0.1) is 5.82 Å². The van der Waals surface area contributed by atoms with Gasteiger partial charge in [-0.05, 0) is 48.5 Å². The Bertz CT molecular complexity index is 988. The second-order valence-corrected chi connectivity index (χ2v) is 9.12. The van der Waals surface area contributed by atoms with E-state index in [2.05, 4.69) is 9.69 Å². The SMILES string of the molecule is CCCCC(C(=O)NC1CCCC1)N(Cc1ccc(F)cc1)C(=O)c1snc(C(N)=O)c1N. The summed E-state index contributed by atoms with van der Waals surface area (Å²) in [6.07, 6.45) is 6.01. The van der Waals surface area contributed by atoms with Gasteiger partial charge in [-0.1, -0.05) is 44.7 Å². The summed E-state index contributed by atoms with van der Waals surface area (Å²) in [6.45, 7) is 2.09. The number of nitrogens with two attached hydrogens (primary N) is 2. The Balaban J connectivity index is 1.96. The number of carbonyl (C=O) groups is 3. The average Bonchev–Trinajstić information content (AvgIpc) is 3.43. The minimum atomic E-state index is -0.825. The largest absolute Gasteiger partial charge is 0.395 e. The van der Waals surface area contributed by atoms with Crippen LogP contribution in [0.5, 0.6) is 0 Å². The van der Waals surface area contributed by atoms with Gasteiger partial charge in [-0.2, -0.15) is 4.37 Å². The Morgan fingerprint density at radius 3 is 2.48 bits per heavy atom. The molecule has 0 bridgehead atoms. The smallest absolute Gasteiger partial charge is 0.270 e. The fourth-order valence-electron chi connectivity index (χ4n) is 4.06. The topological polar surface area (TPSA) is 131 Å². The maximum atomic E-state index is 13.6. The fourth-order valence-corrected chi connectivity index (χ4v) is 4.82. The van der Waals surface area contributed by atoms with Crippen molar-refractivity contribution in [3.63, 3.8) is 0 Å². The molecule has 2 aromatic rings. The molecule has 178 valence electrons. The molecule has 3 rings (SSSR count). The van der Waals surface area contributed by atoms with Crippen molar-refractivity contribution in [1.82, 2.24) is 14.6 Å². The number of primary amides is 1. The standard InChI is InChI=1S/C23H30FN5O3S/c1-2-3-8-17(22(31)27-16-6-4-5-7-16)29(13-14-9-11-15(24)12-10-14)23(32)20-18(25)19(21(26)30)28-33-20/h9-12,16-17H,2-8,13,25H2,1H3,(H2,26,30)(H,27,31). The van der Waals surface area contributed by atoms with Gasteiger partial charge in [0, 0.05) is 12.6 Å². The highest BCUT2D eigenvalue weighted by Crippen LogP contribution is 2.27. The van der Waals surface area contributed by atoms with E-state index in [1.165, 1.54) is 17.0 Å². The number of halogens is 1. The Hall–Kier alpha value is -3.01. The van der Waals surface area contributed by atoms with Crippen LogP contribution in [0.25, 0.3) is 0 Å². The quantitative estimate of drug-likeness (QED) is 0.485. The highest BCUT2D eigenvalue weighted by molar-refractivity contribution is 7.09. The summed E-state index contributed by atoms with van der Waals surface area (Å²) >= 11 is 0.781. The van der Waals surface area contributed by atoms with Crippen molar-refractivity contribution in [2.75, 3.05) is 5.73 Å². The first-order chi connectivity index (χ1) is 15.8. The molecule has 1 aliphatic carbocycles. The van der Waals surface area contributed by atoms with Crippen LogP contribution >= 0.6 is 11.5 Å². The van der Waals surface area contributed by atoms with Crippen LogP contribution in [0.3, 0.4) is 0 Å². The summed E-state index contributed by atoms with van der Waals surface area (Å²) in [5.41, 5.74) is 11.7. The third-order valence-corrected chi connectivity index (χ3v) is 6.75. The molecule has 0 saturated heterocycles. The average molecular weight is 476 g/mol. The van der Waals surface area contributed by atoms with Crippen molar-refractivity contribution in [2.45, 2.75) is 70.5 Å². The molecule has 1 aromatic carbocycles. The minimum absolute atomic E-state index is 0.0566. The first kappa shape index (κ1) is 24.6. The number of hydrogen-bond acceptors (Lipinski definition) is 6. The van der Waals surface area contributed by atoms with E-state index in [1.807, 2.05) is 6.92 Å². The van der Waals surface area contributed by atoms with Crippen molar-refractivity contribution in [3.05, 3.63) is 46.2 Å². The summed E-state index contributed by atoms with van der Waals surface area (Å²) < 4.78 is 17.4. The zero-order valence-corrected chi connectivity index (χ0v) is 19.5. The zero-order chi connectivity index (χ0) is 24.0. The van der Waals surface area contributed by atoms with E-state index in [1.54, 1.807) is 12.1 Å². The molecule has 1 saturated carbocycles. The number of anilines is 1. The lowest BCUT2D eigenvalue weighted by Gasteiger charge is -2.32. The van der Waals surface area contributed by atoms with Crippen LogP contribution < -0.4 is 16.8 Å². The predicted octanol–water partition coefficient (Wildman–Crippen LogP) is 3.22. The number of benzene rings is 1. The van der Waals surface area contributed by atoms with Gasteiger partial charge in [0.1, 0.15) is 16.7 Å². The molecule has 0 aliphatic heterocycles. The lowest BCUT2D eigenvalue weighted by Crippen LogP contribution is -2.51. The molecule has 0 radical (unpaired) electrons. The van der Waals surface area contributed by atoms with Crippen molar-refractivity contribution >= 4 is 34.9 Å². The van der Waals surface area contributed by atoms with E-state index in [4.69, 9.17) is 11.5 Å². The van der Waals surface area contributed by atoms with Crippen LogP contribution in [0.15, 0.2) is 24.3 Å². The molecule has 1 atom stereocenters. The summed E-state index contributed by atoms with van der Waals surface area (Å²) in [5, 5.41) is 3.10. The van der Waals surface area contributed by atoms with E-state index in [-0.39, 0.29) is 34.8 Å². The summed E-state index contributed by atoms with van der Waals surface area (Å²) in [6, 6.07) is 5.12. The summed E-state index contributed by atoms with van der Waals surface area (Å²) in [5.74, 6) is -1.95. The molecular formula is C23H30FN5O3S. The van der Waals surface area contributed by atoms with Crippen LogP contribution in [0.1, 0.15) is 77.6 Å². The Kier molecular flexibility index (Phi) is 8.37. The summed E-state index contributed by atoms with van der Waals surface area (Å²) in [7, 11) is 0. The number of aromatic nitrogens is 1. The van der Waals surface area contributed by atoms with Crippen molar-refractivity contribution in [1.29, 1.82) is 0 Å². The molecule has 1 heterocycles. The Labute approximate surface area is 196 Å². The minimum Gasteiger partial charge on any atom is -0.395 e. The van der Waals surface area contributed by atoms with E-state index < -0.39 is 23.7 Å². The van der Waals surface area contributed by atoms with Gasteiger partial charge in [-0.25, -0.2) is 4.39 Å². The van der Waals surface area contributed by atoms with Gasteiger partial charge < -0.3 is 21.7 Å². The molecule has 5 N–H and O–H groups in total. The van der Waals surface area contributed by atoms with Gasteiger partial charge in [-0.15, -0.1) is 0 Å². The molecule has 1 aromatic heterocycles. The lowest BCUT2D eigenvalue weighted by atomic mass is 10.0. The van der Waals surface area contributed by atoms with Crippen molar-refractivity contribution in [2.24, 2.45) is 5.73 Å². The molecule has 0 spiro atoms. The fraction of sp³-hybridized carbons (Fsp3) is 0.478. The third-order valence-electron chi connectivity index (χ3n) is 5.89. The maximum Gasteiger partial charge on any atom is 0.270 e. The van der Waals surface area contributed by atoms with Crippen LogP contribution in [-0.2, 0) is 11.3 Å². The van der Waals surface area contributed by atoms with E-state index in [9.17, 15) is 18.8 Å². The van der Waals surface area contributed by atoms with E-state index >= 15 is 0 Å². The Morgan fingerprint density at radius 2 is 1.91 bits per heavy atom. The highest BCUT2D eigenvalue weighted by Gasteiger charge is 2.34. The lowest BCUT2D eigenvalue weighted by molar-refractivity contribution is -0.126. The van der Waals surface area contributed by atoms with E-state index in [0.717, 1.165) is 50.1 Å². The second-order valence-electron chi connectivity index (χ2n) is 8.35. The molecular weight excluding hydrogens is 445 g/mol. The number of nitrogen functional groups attached to an aromatic ring is 1. The monoisotopic (exact) mass is 475 g/mol. The molecule has 1 unspecified atom stereocenters. The number of carbonyl (C=O) groups excluding carboxylic acids is 3. The molecule has 1 fully saturated rings. The molecule has 10 heteroatoms. The maximum absolute atomic E-state index is 13.6. The third kappa shape index (κ3) is 6.07. The molecule has 33 heavy (non-hydrogen) atoms. The van der Waals surface area contributed by atoms with Crippen LogP contribution in [-0.4, -0.2) is 39.1 Å². The number of hydrogen-bond donors (Lipinski definition) is 3. The zero-order valence-electron chi connectivity index (χ0n) is 18.7. The molecule has 3 amide bonds. The van der Waals surface area contributed by atoms with Crippen molar-refractivity contribution < 1.29 is 18.8 Å². The first-order valence-electron chi connectivity index (χ1n) is 11.2. The highest BCUT2D eigenvalue weighted by atomic mass is 32.1. The van der Waals surface area contributed by atoms with Crippen LogP contribution in [0.4, 0.5) is 10.1 Å². The normalized spacial score (nSPS) is 14.7. The van der Waals surface area contributed by atoms with Gasteiger partial charge >= 0.3 is 0 Å². The predicted molar refractivity (Wildman–Crippen MR) is 125 cm³/mol. The Morgan fingerprint density at radius 1 is 1.24 bits per heavy atom. The van der Waals surface area contributed by atoms with Gasteiger partial charge in [0.25, 0.3) is 11.8 Å². The van der Waals surface area contributed by atoms with Gasteiger partial charge in [0.2, 0.25) is 5.91 Å². The molecule has 8 nitrogen and oxygen atoms in total. The van der Waals surface area contributed by atoms with E-state index in [0.29, 0.717) is 12.0 Å². The number of nitrogens with zero attached hydrogens (tertiary/aromatic N) is 2. The van der Waals surface area contributed by atoms with Gasteiger partial charge in [0.15, 0.2) is 5.69 Å². The summed E-state index contributed by atoms with van der Waals surface area (Å²) in [4.78, 5) is 40.1. The van der Waals surface area contributed by atoms with Gasteiger partial charge in [-0.3, -0.25) is 14.4 Å². The number of amides is 3. The number of rotatable bonds is 10.